The molecule has 0 aromatic heterocycles. The van der Waals surface area contributed by atoms with E-state index in [-0.39, 0.29) is 0 Å². The Hall–Kier alpha value is -1.50. The molecule has 0 spiro atoms. The van der Waals surface area contributed by atoms with Crippen molar-refractivity contribution < 1.29 is 19.1 Å². The first-order chi connectivity index (χ1) is 16.6. The first kappa shape index (κ1) is 32.5. The van der Waals surface area contributed by atoms with Crippen molar-refractivity contribution in [2.24, 2.45) is 5.41 Å². The third-order valence-electron chi connectivity index (χ3n) is 6.70. The molecule has 0 fully saturated rings. The van der Waals surface area contributed by atoms with Gasteiger partial charge in [-0.25, -0.2) is 0 Å². The Balaban J connectivity index is 4.02. The molecule has 0 atom stereocenters. The maximum Gasteiger partial charge on any atom is 0.323 e. The van der Waals surface area contributed by atoms with E-state index in [4.69, 9.17) is 9.47 Å². The number of carbonyl (C=O) groups is 2. The minimum atomic E-state index is -1.15. The highest BCUT2D eigenvalue weighted by Gasteiger charge is 2.45. The van der Waals surface area contributed by atoms with Crippen molar-refractivity contribution in [3.05, 3.63) is 0 Å². The lowest BCUT2D eigenvalue weighted by molar-refractivity contribution is -0.173. The molecular weight excluding hydrogens is 424 g/mol. The number of esters is 2. The summed E-state index contributed by atoms with van der Waals surface area (Å²) in [6, 6.07) is 0. The van der Waals surface area contributed by atoms with Crippen LogP contribution < -0.4 is 0 Å². The van der Waals surface area contributed by atoms with Gasteiger partial charge in [-0.15, -0.1) is 11.8 Å². The summed E-state index contributed by atoms with van der Waals surface area (Å²) in [5.74, 6) is 5.46. The van der Waals surface area contributed by atoms with Gasteiger partial charge in [0, 0.05) is 12.8 Å². The SMILES string of the molecule is CCC#CCCCCCCCCOC(=O)C(CC)(CC)C(=O)OCCCCCCCCCCC. The van der Waals surface area contributed by atoms with Crippen molar-refractivity contribution in [2.45, 2.75) is 150 Å². The third-order valence-corrected chi connectivity index (χ3v) is 6.70. The fourth-order valence-electron chi connectivity index (χ4n) is 4.17. The lowest BCUT2D eigenvalue weighted by Gasteiger charge is -2.27. The van der Waals surface area contributed by atoms with Gasteiger partial charge in [0.05, 0.1) is 13.2 Å². The van der Waals surface area contributed by atoms with E-state index in [9.17, 15) is 9.59 Å². The number of unbranched alkanes of at least 4 members (excludes halogenated alkanes) is 14. The second-order valence-electron chi connectivity index (χ2n) is 9.47. The van der Waals surface area contributed by atoms with Gasteiger partial charge >= 0.3 is 11.9 Å². The molecule has 0 aromatic rings. The number of hydrogen-bond acceptors (Lipinski definition) is 4. The highest BCUT2D eigenvalue weighted by atomic mass is 16.6. The Morgan fingerprint density at radius 2 is 0.971 bits per heavy atom. The van der Waals surface area contributed by atoms with Crippen LogP contribution in [0.1, 0.15) is 150 Å². The van der Waals surface area contributed by atoms with Gasteiger partial charge in [0.1, 0.15) is 0 Å². The molecule has 34 heavy (non-hydrogen) atoms. The van der Waals surface area contributed by atoms with Crippen molar-refractivity contribution in [1.29, 1.82) is 0 Å². The molecular formula is C30H54O4. The fourth-order valence-corrected chi connectivity index (χ4v) is 4.17. The van der Waals surface area contributed by atoms with E-state index in [1.54, 1.807) is 0 Å². The number of rotatable bonds is 22. The van der Waals surface area contributed by atoms with Gasteiger partial charge in [0.25, 0.3) is 0 Å². The summed E-state index contributed by atoms with van der Waals surface area (Å²) in [6.45, 7) is 8.83. The lowest BCUT2D eigenvalue weighted by Crippen LogP contribution is -2.41. The molecule has 0 aliphatic heterocycles. The molecule has 0 saturated carbocycles. The highest BCUT2D eigenvalue weighted by molar-refractivity contribution is 5.99. The van der Waals surface area contributed by atoms with Crippen molar-refractivity contribution in [1.82, 2.24) is 0 Å². The molecule has 0 amide bonds. The van der Waals surface area contributed by atoms with Gasteiger partial charge < -0.3 is 9.47 Å². The Bertz CT molecular complexity index is 554. The summed E-state index contributed by atoms with van der Waals surface area (Å²) < 4.78 is 11.1. The van der Waals surface area contributed by atoms with E-state index in [1.807, 2.05) is 13.8 Å². The van der Waals surface area contributed by atoms with Crippen LogP contribution in [0.3, 0.4) is 0 Å². The molecule has 4 heteroatoms. The summed E-state index contributed by atoms with van der Waals surface area (Å²) >= 11 is 0. The first-order valence-electron chi connectivity index (χ1n) is 14.4. The van der Waals surface area contributed by atoms with E-state index >= 15 is 0 Å². The maximum atomic E-state index is 12.8. The van der Waals surface area contributed by atoms with Gasteiger partial charge in [-0.2, -0.15) is 0 Å². The summed E-state index contributed by atoms with van der Waals surface area (Å²) in [7, 11) is 0. The number of ether oxygens (including phenoxy) is 2. The van der Waals surface area contributed by atoms with E-state index in [1.165, 1.54) is 64.2 Å². The Morgan fingerprint density at radius 3 is 1.38 bits per heavy atom. The second-order valence-corrected chi connectivity index (χ2v) is 9.47. The standard InChI is InChI=1S/C30H54O4/c1-5-9-11-13-15-17-19-21-23-25-27-34-29(32)30(7-3,8-4)28(31)33-26-24-22-20-18-16-14-12-10-6-2/h5-8,10,12-27H2,1-4H3. The summed E-state index contributed by atoms with van der Waals surface area (Å²) in [5.41, 5.74) is -1.15. The second kappa shape index (κ2) is 23.3. The van der Waals surface area contributed by atoms with Gasteiger partial charge in [-0.1, -0.05) is 105 Å². The third kappa shape index (κ3) is 15.4. The summed E-state index contributed by atoms with van der Waals surface area (Å²) in [6.07, 6.45) is 20.3. The van der Waals surface area contributed by atoms with E-state index in [2.05, 4.69) is 25.7 Å². The Kier molecular flexibility index (Phi) is 22.2. The average Bonchev–Trinajstić information content (AvgIpc) is 2.84. The van der Waals surface area contributed by atoms with Crippen LogP contribution in [0.4, 0.5) is 0 Å². The fraction of sp³-hybridized carbons (Fsp3) is 0.867. The van der Waals surface area contributed by atoms with Crippen LogP contribution in [0.25, 0.3) is 0 Å². The lowest BCUT2D eigenvalue weighted by atomic mass is 9.82. The van der Waals surface area contributed by atoms with Crippen LogP contribution in [-0.4, -0.2) is 25.2 Å². The van der Waals surface area contributed by atoms with Crippen LogP contribution in [0.5, 0.6) is 0 Å². The molecule has 0 unspecified atom stereocenters. The summed E-state index contributed by atoms with van der Waals surface area (Å²) in [5, 5.41) is 0. The van der Waals surface area contributed by atoms with E-state index < -0.39 is 17.4 Å². The van der Waals surface area contributed by atoms with Crippen molar-refractivity contribution in [3.8, 4) is 11.8 Å². The Morgan fingerprint density at radius 1 is 0.559 bits per heavy atom. The zero-order valence-electron chi connectivity index (χ0n) is 23.0. The van der Waals surface area contributed by atoms with E-state index in [0.717, 1.165) is 44.9 Å². The minimum absolute atomic E-state index is 0.383. The molecule has 0 aliphatic carbocycles. The average molecular weight is 479 g/mol. The van der Waals surface area contributed by atoms with Crippen LogP contribution in [0, 0.1) is 17.3 Å². The predicted octanol–water partition coefficient (Wildman–Crippen LogP) is 8.55. The maximum absolute atomic E-state index is 12.8. The van der Waals surface area contributed by atoms with Crippen molar-refractivity contribution >= 4 is 11.9 Å². The molecule has 4 nitrogen and oxygen atoms in total. The van der Waals surface area contributed by atoms with E-state index in [0.29, 0.717) is 26.1 Å². The van der Waals surface area contributed by atoms with Crippen LogP contribution in [0.2, 0.25) is 0 Å². The van der Waals surface area contributed by atoms with Crippen LogP contribution in [-0.2, 0) is 19.1 Å². The van der Waals surface area contributed by atoms with Crippen molar-refractivity contribution in [3.63, 3.8) is 0 Å². The first-order valence-corrected chi connectivity index (χ1v) is 14.4. The number of carbonyl (C=O) groups excluding carboxylic acids is 2. The minimum Gasteiger partial charge on any atom is -0.465 e. The summed E-state index contributed by atoms with van der Waals surface area (Å²) in [4.78, 5) is 25.5. The quantitative estimate of drug-likeness (QED) is 0.0677. The monoisotopic (exact) mass is 478 g/mol. The van der Waals surface area contributed by atoms with Gasteiger partial charge in [-0.3, -0.25) is 9.59 Å². The van der Waals surface area contributed by atoms with Gasteiger partial charge in [0.2, 0.25) is 0 Å². The normalized spacial score (nSPS) is 11.1. The zero-order chi connectivity index (χ0) is 25.3. The molecule has 0 saturated heterocycles. The van der Waals surface area contributed by atoms with Gasteiger partial charge in [-0.05, 0) is 32.1 Å². The topological polar surface area (TPSA) is 52.6 Å². The van der Waals surface area contributed by atoms with Crippen LogP contribution in [0.15, 0.2) is 0 Å². The zero-order valence-corrected chi connectivity index (χ0v) is 23.0. The smallest absolute Gasteiger partial charge is 0.323 e. The Labute approximate surface area is 211 Å². The van der Waals surface area contributed by atoms with Crippen molar-refractivity contribution in [2.75, 3.05) is 13.2 Å². The molecule has 0 rings (SSSR count). The molecule has 198 valence electrons. The molecule has 0 N–H and O–H groups in total. The molecule has 0 radical (unpaired) electrons. The predicted molar refractivity (Wildman–Crippen MR) is 143 cm³/mol. The molecule has 0 aliphatic rings. The largest absolute Gasteiger partial charge is 0.465 e. The number of hydrogen-bond donors (Lipinski definition) is 0. The molecule has 0 aromatic carbocycles. The molecule has 0 bridgehead atoms. The molecule has 0 heterocycles. The van der Waals surface area contributed by atoms with Gasteiger partial charge in [0.15, 0.2) is 5.41 Å². The van der Waals surface area contributed by atoms with Crippen LogP contribution >= 0.6 is 0 Å². The highest BCUT2D eigenvalue weighted by Crippen LogP contribution is 2.30.